The van der Waals surface area contributed by atoms with Crippen LogP contribution in [-0.2, 0) is 11.3 Å². The van der Waals surface area contributed by atoms with Crippen molar-refractivity contribution in [3.63, 3.8) is 0 Å². The van der Waals surface area contributed by atoms with E-state index >= 15 is 0 Å². The predicted molar refractivity (Wildman–Crippen MR) is 67.9 cm³/mol. The summed E-state index contributed by atoms with van der Waals surface area (Å²) in [4.78, 5) is 14.4. The van der Waals surface area contributed by atoms with E-state index in [9.17, 15) is 4.79 Å². The topological polar surface area (TPSA) is 51.3 Å². The first-order valence-electron chi connectivity index (χ1n) is 5.33. The third-order valence-corrected chi connectivity index (χ3v) is 2.65. The summed E-state index contributed by atoms with van der Waals surface area (Å²) in [5, 5.41) is 0.571. The molecule has 1 heterocycles. The Morgan fingerprint density at radius 2 is 2.22 bits per heavy atom. The van der Waals surface area contributed by atoms with Crippen LogP contribution < -0.4 is 4.74 Å². The number of hydrogen-bond donors (Lipinski definition) is 1. The zero-order valence-electron chi connectivity index (χ0n) is 9.77. The normalized spacial score (nSPS) is 10.1. The number of halogens is 1. The molecule has 0 saturated heterocycles. The molecule has 0 bridgehead atoms. The highest BCUT2D eigenvalue weighted by Gasteiger charge is 2.10. The molecule has 0 radical (unpaired) electrons. The number of carbonyl (C=O) groups is 1. The summed E-state index contributed by atoms with van der Waals surface area (Å²) in [5.41, 5.74) is 1.14. The van der Waals surface area contributed by atoms with E-state index in [2.05, 4.69) is 4.98 Å². The number of nitrogens with one attached hydrogen (secondary N) is 1. The SMILES string of the molecule is COc1ccc(Cl)cc1COC(=O)c1ccc[nH]1. The highest BCUT2D eigenvalue weighted by molar-refractivity contribution is 6.30. The van der Waals surface area contributed by atoms with Gasteiger partial charge in [-0.3, -0.25) is 0 Å². The van der Waals surface area contributed by atoms with Crippen LogP contribution in [0.4, 0.5) is 0 Å². The minimum absolute atomic E-state index is 0.113. The Morgan fingerprint density at radius 3 is 2.89 bits per heavy atom. The van der Waals surface area contributed by atoms with Crippen LogP contribution in [0.2, 0.25) is 5.02 Å². The van der Waals surface area contributed by atoms with Crippen LogP contribution in [0.5, 0.6) is 5.75 Å². The van der Waals surface area contributed by atoms with Crippen LogP contribution in [0.25, 0.3) is 0 Å². The van der Waals surface area contributed by atoms with Crippen LogP contribution in [0.15, 0.2) is 36.5 Å². The van der Waals surface area contributed by atoms with Gasteiger partial charge in [-0.2, -0.15) is 0 Å². The van der Waals surface area contributed by atoms with Crippen LogP contribution >= 0.6 is 11.6 Å². The number of methoxy groups -OCH3 is 1. The van der Waals surface area contributed by atoms with Crippen molar-refractivity contribution < 1.29 is 14.3 Å². The third kappa shape index (κ3) is 2.84. The molecule has 0 spiro atoms. The van der Waals surface area contributed by atoms with Crippen molar-refractivity contribution in [1.82, 2.24) is 4.98 Å². The average Bonchev–Trinajstić information content (AvgIpc) is 2.90. The van der Waals surface area contributed by atoms with Crippen LogP contribution in [0, 0.1) is 0 Å². The lowest BCUT2D eigenvalue weighted by atomic mass is 10.2. The summed E-state index contributed by atoms with van der Waals surface area (Å²) in [6.45, 7) is 0.113. The van der Waals surface area contributed by atoms with Gasteiger partial charge in [0, 0.05) is 16.8 Å². The molecule has 0 aliphatic rings. The molecule has 2 aromatic rings. The fourth-order valence-electron chi connectivity index (χ4n) is 1.54. The monoisotopic (exact) mass is 265 g/mol. The molecule has 0 unspecified atom stereocenters. The van der Waals surface area contributed by atoms with Gasteiger partial charge in [-0.05, 0) is 30.3 Å². The van der Waals surface area contributed by atoms with Crippen molar-refractivity contribution >= 4 is 17.6 Å². The molecule has 1 aromatic heterocycles. The molecular formula is C13H12ClNO3. The standard InChI is InChI=1S/C13H12ClNO3/c1-17-12-5-4-10(14)7-9(12)8-18-13(16)11-3-2-6-15-11/h2-7,15H,8H2,1H3. The van der Waals surface area contributed by atoms with Crippen LogP contribution in [0.1, 0.15) is 16.1 Å². The van der Waals surface area contributed by atoms with Crippen molar-refractivity contribution in [2.45, 2.75) is 6.61 Å². The summed E-state index contributed by atoms with van der Waals surface area (Å²) in [5.74, 6) is 0.223. The van der Waals surface area contributed by atoms with Crippen molar-refractivity contribution in [3.05, 3.63) is 52.8 Å². The number of aromatic amines is 1. The van der Waals surface area contributed by atoms with Gasteiger partial charge in [0.2, 0.25) is 0 Å². The fraction of sp³-hybridized carbons (Fsp3) is 0.154. The van der Waals surface area contributed by atoms with Crippen molar-refractivity contribution in [1.29, 1.82) is 0 Å². The van der Waals surface area contributed by atoms with Crippen LogP contribution in [0.3, 0.4) is 0 Å². The molecule has 0 fully saturated rings. The fourth-order valence-corrected chi connectivity index (χ4v) is 1.73. The maximum atomic E-state index is 11.6. The number of benzene rings is 1. The molecule has 5 heteroatoms. The van der Waals surface area contributed by atoms with Crippen molar-refractivity contribution in [2.24, 2.45) is 0 Å². The average molecular weight is 266 g/mol. The Labute approximate surface area is 109 Å². The van der Waals surface area contributed by atoms with E-state index in [1.54, 1.807) is 43.6 Å². The van der Waals surface area contributed by atoms with E-state index in [-0.39, 0.29) is 6.61 Å². The minimum Gasteiger partial charge on any atom is -0.496 e. The molecule has 1 aromatic carbocycles. The van der Waals surface area contributed by atoms with E-state index in [1.165, 1.54) is 0 Å². The first-order chi connectivity index (χ1) is 8.70. The van der Waals surface area contributed by atoms with Gasteiger partial charge in [-0.15, -0.1) is 0 Å². The molecule has 0 amide bonds. The summed E-state index contributed by atoms with van der Waals surface area (Å²) >= 11 is 5.89. The lowest BCUT2D eigenvalue weighted by molar-refractivity contribution is 0.0464. The van der Waals surface area contributed by atoms with E-state index in [0.717, 1.165) is 5.56 Å². The largest absolute Gasteiger partial charge is 0.496 e. The first kappa shape index (κ1) is 12.5. The van der Waals surface area contributed by atoms with Crippen molar-refractivity contribution in [3.8, 4) is 5.75 Å². The Kier molecular flexibility index (Phi) is 3.89. The molecule has 0 aliphatic carbocycles. The van der Waals surface area contributed by atoms with Gasteiger partial charge in [-0.25, -0.2) is 4.79 Å². The molecule has 1 N–H and O–H groups in total. The second kappa shape index (κ2) is 5.60. The number of esters is 1. The Bertz CT molecular complexity index is 537. The number of ether oxygens (including phenoxy) is 2. The quantitative estimate of drug-likeness (QED) is 0.865. The highest BCUT2D eigenvalue weighted by Crippen LogP contribution is 2.23. The Balaban J connectivity index is 2.06. The maximum absolute atomic E-state index is 11.6. The summed E-state index contributed by atoms with van der Waals surface area (Å²) in [6, 6.07) is 8.55. The molecule has 18 heavy (non-hydrogen) atoms. The Hall–Kier alpha value is -1.94. The highest BCUT2D eigenvalue weighted by atomic mass is 35.5. The summed E-state index contributed by atoms with van der Waals surface area (Å²) < 4.78 is 10.3. The van der Waals surface area contributed by atoms with E-state index in [1.807, 2.05) is 0 Å². The molecule has 2 rings (SSSR count). The second-order valence-electron chi connectivity index (χ2n) is 3.62. The number of carbonyl (C=O) groups excluding carboxylic acids is 1. The smallest absolute Gasteiger partial charge is 0.355 e. The molecule has 0 atom stereocenters. The van der Waals surface area contributed by atoms with Gasteiger partial charge < -0.3 is 14.5 Å². The summed E-state index contributed by atoms with van der Waals surface area (Å²) in [6.07, 6.45) is 1.66. The van der Waals surface area contributed by atoms with Gasteiger partial charge in [0.05, 0.1) is 7.11 Å². The zero-order chi connectivity index (χ0) is 13.0. The number of rotatable bonds is 4. The van der Waals surface area contributed by atoms with Gasteiger partial charge >= 0.3 is 5.97 Å². The molecule has 0 aliphatic heterocycles. The van der Waals surface area contributed by atoms with Gasteiger partial charge in [0.15, 0.2) is 0 Å². The molecular weight excluding hydrogens is 254 g/mol. The zero-order valence-corrected chi connectivity index (χ0v) is 10.5. The number of aromatic nitrogens is 1. The maximum Gasteiger partial charge on any atom is 0.355 e. The summed E-state index contributed by atoms with van der Waals surface area (Å²) in [7, 11) is 1.56. The lowest BCUT2D eigenvalue weighted by Crippen LogP contribution is -2.06. The van der Waals surface area contributed by atoms with E-state index < -0.39 is 5.97 Å². The first-order valence-corrected chi connectivity index (χ1v) is 5.71. The third-order valence-electron chi connectivity index (χ3n) is 2.42. The van der Waals surface area contributed by atoms with Gasteiger partial charge in [0.1, 0.15) is 18.1 Å². The number of hydrogen-bond acceptors (Lipinski definition) is 3. The minimum atomic E-state index is -0.415. The van der Waals surface area contributed by atoms with E-state index in [0.29, 0.717) is 16.5 Å². The van der Waals surface area contributed by atoms with Gasteiger partial charge in [0.25, 0.3) is 0 Å². The number of H-pyrrole nitrogens is 1. The lowest BCUT2D eigenvalue weighted by Gasteiger charge is -2.09. The van der Waals surface area contributed by atoms with Gasteiger partial charge in [-0.1, -0.05) is 11.6 Å². The van der Waals surface area contributed by atoms with Crippen molar-refractivity contribution in [2.75, 3.05) is 7.11 Å². The second-order valence-corrected chi connectivity index (χ2v) is 4.05. The molecule has 4 nitrogen and oxygen atoms in total. The predicted octanol–water partition coefficient (Wildman–Crippen LogP) is 3.03. The Morgan fingerprint density at radius 1 is 1.39 bits per heavy atom. The molecule has 94 valence electrons. The van der Waals surface area contributed by atoms with Crippen LogP contribution in [-0.4, -0.2) is 18.1 Å². The van der Waals surface area contributed by atoms with E-state index in [4.69, 9.17) is 21.1 Å². The molecule has 0 saturated carbocycles.